The van der Waals surface area contributed by atoms with Crippen LogP contribution < -0.4 is 20.1 Å². The third kappa shape index (κ3) is 9.21. The van der Waals surface area contributed by atoms with Crippen molar-refractivity contribution in [2.75, 3.05) is 6.54 Å². The van der Waals surface area contributed by atoms with Crippen LogP contribution in [0.3, 0.4) is 0 Å². The molecule has 49 heavy (non-hydrogen) atoms. The minimum atomic E-state index is -3.92. The Balaban J connectivity index is 1.67. The second-order valence-electron chi connectivity index (χ2n) is 14.9. The number of benzene rings is 1. The summed E-state index contributed by atoms with van der Waals surface area (Å²) in [6.07, 6.45) is 2.21. The van der Waals surface area contributed by atoms with Gasteiger partial charge in [-0.15, -0.1) is 6.58 Å². The third-order valence-corrected chi connectivity index (χ3v) is 10.4. The number of rotatable bonds is 11. The number of hydrogen-bond acceptors (Lipinski definition) is 9. The fraction of sp³-hybridized carbons (Fsp3) is 0.559. The Morgan fingerprint density at radius 1 is 1.10 bits per heavy atom. The third-order valence-electron chi connectivity index (χ3n) is 8.25. The van der Waals surface area contributed by atoms with Crippen LogP contribution >= 0.6 is 11.6 Å². The maximum atomic E-state index is 14.4. The van der Waals surface area contributed by atoms with E-state index in [4.69, 9.17) is 21.1 Å². The van der Waals surface area contributed by atoms with E-state index >= 15 is 0 Å². The molecule has 4 amide bonds. The number of carbonyl (C=O) groups is 4. The molecule has 4 rings (SSSR count). The maximum Gasteiger partial charge on any atom is 0.408 e. The molecule has 1 aromatic carbocycles. The first kappa shape index (κ1) is 37.9. The number of carbonyl (C=O) groups excluding carboxylic acids is 4. The summed E-state index contributed by atoms with van der Waals surface area (Å²) in [5.74, 6) is -1.82. The largest absolute Gasteiger partial charge is 0.486 e. The van der Waals surface area contributed by atoms with Gasteiger partial charge in [0.2, 0.25) is 21.8 Å². The molecule has 1 saturated carbocycles. The Morgan fingerprint density at radius 3 is 2.37 bits per heavy atom. The molecule has 3 N–H and O–H groups in total. The van der Waals surface area contributed by atoms with E-state index in [1.807, 2.05) is 0 Å². The van der Waals surface area contributed by atoms with E-state index in [-0.39, 0.29) is 19.4 Å². The SMILES string of the molecule is C=CCC(C)(NC(=O)C1CC(Oc2cccc3c(Cl)ccnc23)CN1C(=O)C(NC(=O)OC(C)(C)C)C(C)(C)C)C(=O)NS(=O)(=O)C1CC1. The van der Waals surface area contributed by atoms with Crippen molar-refractivity contribution < 1.29 is 37.1 Å². The normalized spacial score (nSPS) is 20.1. The summed E-state index contributed by atoms with van der Waals surface area (Å²) in [5, 5.41) is 5.84. The van der Waals surface area contributed by atoms with Crippen LogP contribution in [0.15, 0.2) is 43.1 Å². The minimum Gasteiger partial charge on any atom is -0.486 e. The Hall–Kier alpha value is -3.91. The minimum absolute atomic E-state index is 0.00396. The molecule has 2 aliphatic rings. The van der Waals surface area contributed by atoms with Crippen molar-refractivity contribution in [3.63, 3.8) is 0 Å². The van der Waals surface area contributed by atoms with Crippen LogP contribution in [0.25, 0.3) is 10.9 Å². The van der Waals surface area contributed by atoms with Gasteiger partial charge in [0.25, 0.3) is 5.91 Å². The molecule has 268 valence electrons. The van der Waals surface area contributed by atoms with E-state index in [0.717, 1.165) is 0 Å². The Bertz CT molecular complexity index is 1730. The van der Waals surface area contributed by atoms with Gasteiger partial charge < -0.3 is 25.0 Å². The van der Waals surface area contributed by atoms with Gasteiger partial charge in [0.05, 0.1) is 16.8 Å². The molecule has 0 spiro atoms. The molecule has 2 fully saturated rings. The lowest BCUT2D eigenvalue weighted by Crippen LogP contribution is -2.62. The summed E-state index contributed by atoms with van der Waals surface area (Å²) in [5.41, 5.74) is -2.88. The van der Waals surface area contributed by atoms with Gasteiger partial charge in [-0.2, -0.15) is 0 Å². The summed E-state index contributed by atoms with van der Waals surface area (Å²) in [4.78, 5) is 60.5. The van der Waals surface area contributed by atoms with Crippen molar-refractivity contribution in [2.24, 2.45) is 5.41 Å². The van der Waals surface area contributed by atoms with Crippen LogP contribution in [0.1, 0.15) is 74.1 Å². The van der Waals surface area contributed by atoms with Crippen molar-refractivity contribution in [3.05, 3.63) is 48.1 Å². The molecule has 0 bridgehead atoms. The highest BCUT2D eigenvalue weighted by molar-refractivity contribution is 7.91. The number of para-hydroxylation sites is 1. The molecule has 1 aromatic heterocycles. The zero-order valence-corrected chi connectivity index (χ0v) is 30.5. The number of fused-ring (bicyclic) bond motifs is 1. The summed E-state index contributed by atoms with van der Waals surface area (Å²) >= 11 is 6.38. The van der Waals surface area contributed by atoms with Gasteiger partial charge in [-0.3, -0.25) is 24.1 Å². The number of sulfonamides is 1. The second-order valence-corrected chi connectivity index (χ2v) is 17.2. The van der Waals surface area contributed by atoms with E-state index in [0.29, 0.717) is 34.5 Å². The summed E-state index contributed by atoms with van der Waals surface area (Å²) < 4.78 is 39.1. The molecule has 15 heteroatoms. The van der Waals surface area contributed by atoms with Crippen molar-refractivity contribution in [1.82, 2.24) is 25.2 Å². The van der Waals surface area contributed by atoms with Gasteiger partial charge in [-0.25, -0.2) is 13.2 Å². The number of nitrogens with one attached hydrogen (secondary N) is 3. The molecule has 4 atom stereocenters. The number of nitrogens with zero attached hydrogens (tertiary/aromatic N) is 2. The van der Waals surface area contributed by atoms with Crippen LogP contribution in [0.2, 0.25) is 5.02 Å². The molecular formula is C34H46ClN5O8S. The van der Waals surface area contributed by atoms with Crippen molar-refractivity contribution in [1.29, 1.82) is 0 Å². The van der Waals surface area contributed by atoms with Gasteiger partial charge in [-0.1, -0.05) is 50.6 Å². The van der Waals surface area contributed by atoms with Gasteiger partial charge in [0, 0.05) is 18.0 Å². The smallest absolute Gasteiger partial charge is 0.408 e. The predicted octanol–water partition coefficient (Wildman–Crippen LogP) is 4.24. The van der Waals surface area contributed by atoms with Gasteiger partial charge in [0.1, 0.15) is 40.6 Å². The standard InChI is InChI=1S/C34H46ClN5O8S/c1-9-16-34(8,30(43)39-49(45,46)21-13-14-21)38-28(41)24-18-20(47-25-12-10-11-22-23(35)15-17-36-26(22)25)19-40(24)29(42)27(32(2,3)4)37-31(44)48-33(5,6)7/h9-12,15,17,20-21,24,27H,1,13-14,16,18-19H2,2-8H3,(H,37,44)(H,38,41)(H,39,43). The molecular weight excluding hydrogens is 674 g/mol. The molecule has 1 aliphatic carbocycles. The highest BCUT2D eigenvalue weighted by Crippen LogP contribution is 2.33. The molecule has 2 heterocycles. The first-order valence-corrected chi connectivity index (χ1v) is 18.1. The fourth-order valence-electron chi connectivity index (χ4n) is 5.55. The van der Waals surface area contributed by atoms with Crippen LogP contribution in [-0.4, -0.2) is 83.2 Å². The van der Waals surface area contributed by atoms with Gasteiger partial charge in [-0.05, 0) is 64.5 Å². The Morgan fingerprint density at radius 2 is 1.78 bits per heavy atom. The van der Waals surface area contributed by atoms with Crippen LogP contribution in [0.4, 0.5) is 4.79 Å². The van der Waals surface area contributed by atoms with Crippen LogP contribution in [-0.2, 0) is 29.1 Å². The first-order chi connectivity index (χ1) is 22.6. The number of ether oxygens (including phenoxy) is 2. The zero-order valence-electron chi connectivity index (χ0n) is 29.0. The summed E-state index contributed by atoms with van der Waals surface area (Å²) in [7, 11) is -3.92. The quantitative estimate of drug-likeness (QED) is 0.287. The van der Waals surface area contributed by atoms with Crippen molar-refractivity contribution in [3.8, 4) is 5.75 Å². The average molecular weight is 720 g/mol. The number of pyridine rings is 1. The highest BCUT2D eigenvalue weighted by Gasteiger charge is 2.48. The molecule has 13 nitrogen and oxygen atoms in total. The Kier molecular flexibility index (Phi) is 10.9. The molecule has 0 radical (unpaired) electrons. The van der Waals surface area contributed by atoms with E-state index < -0.39 is 73.8 Å². The van der Waals surface area contributed by atoms with E-state index in [1.54, 1.807) is 72.0 Å². The second kappa shape index (κ2) is 14.1. The van der Waals surface area contributed by atoms with Gasteiger partial charge >= 0.3 is 6.09 Å². The van der Waals surface area contributed by atoms with Crippen molar-refractivity contribution >= 4 is 56.3 Å². The summed E-state index contributed by atoms with van der Waals surface area (Å²) in [6, 6.07) is 4.61. The van der Waals surface area contributed by atoms with E-state index in [9.17, 15) is 27.6 Å². The lowest BCUT2D eigenvalue weighted by atomic mass is 9.85. The zero-order chi connectivity index (χ0) is 36.5. The van der Waals surface area contributed by atoms with Gasteiger partial charge in [0.15, 0.2) is 0 Å². The summed E-state index contributed by atoms with van der Waals surface area (Å²) in [6.45, 7) is 15.4. The molecule has 1 saturated heterocycles. The number of halogens is 1. The number of amides is 4. The van der Waals surface area contributed by atoms with Crippen LogP contribution in [0.5, 0.6) is 5.75 Å². The molecule has 2 aromatic rings. The first-order valence-electron chi connectivity index (χ1n) is 16.1. The number of hydrogen-bond donors (Lipinski definition) is 3. The molecule has 4 unspecified atom stereocenters. The van der Waals surface area contributed by atoms with E-state index in [2.05, 4.69) is 26.9 Å². The number of alkyl carbamates (subject to hydrolysis) is 1. The predicted molar refractivity (Wildman–Crippen MR) is 185 cm³/mol. The molecule has 1 aliphatic heterocycles. The number of aromatic nitrogens is 1. The average Bonchev–Trinajstić information content (AvgIpc) is 3.76. The fourth-order valence-corrected chi connectivity index (χ4v) is 7.17. The number of likely N-dealkylation sites (tertiary alicyclic amines) is 1. The maximum absolute atomic E-state index is 14.4. The monoisotopic (exact) mass is 719 g/mol. The topological polar surface area (TPSA) is 173 Å². The van der Waals surface area contributed by atoms with E-state index in [1.165, 1.54) is 17.9 Å². The lowest BCUT2D eigenvalue weighted by molar-refractivity contribution is -0.143. The highest BCUT2D eigenvalue weighted by atomic mass is 35.5. The van der Waals surface area contributed by atoms with Crippen LogP contribution in [0, 0.1) is 5.41 Å². The Labute approximate surface area is 292 Å². The lowest BCUT2D eigenvalue weighted by Gasteiger charge is -2.36. The van der Waals surface area contributed by atoms with Crippen molar-refractivity contribution in [2.45, 2.75) is 109 Å².